The minimum Gasteiger partial charge on any atom is -0.423 e. The highest BCUT2D eigenvalue weighted by atomic mass is 16.5. The largest absolute Gasteiger partial charge is 0.423 e. The Morgan fingerprint density at radius 1 is 1.31 bits per heavy atom. The van der Waals surface area contributed by atoms with Gasteiger partial charge in [-0.2, -0.15) is 0 Å². The molecule has 0 aliphatic carbocycles. The van der Waals surface area contributed by atoms with Crippen LogP contribution >= 0.6 is 0 Å². The average Bonchev–Trinajstić information content (AvgIpc) is 2.31. The third-order valence-electron chi connectivity index (χ3n) is 1.88. The van der Waals surface area contributed by atoms with Gasteiger partial charge in [-0.05, 0) is 25.1 Å². The molecule has 0 atom stereocenters. The quantitative estimate of drug-likeness (QED) is 0.333. The molecule has 0 fully saturated rings. The van der Waals surface area contributed by atoms with Crippen molar-refractivity contribution in [2.24, 2.45) is 0 Å². The van der Waals surface area contributed by atoms with E-state index in [1.54, 1.807) is 24.3 Å². The van der Waals surface area contributed by atoms with Gasteiger partial charge in [-0.1, -0.05) is 43.0 Å². The van der Waals surface area contributed by atoms with Gasteiger partial charge in [-0.15, -0.1) is 0 Å². The van der Waals surface area contributed by atoms with Crippen LogP contribution in [0.3, 0.4) is 0 Å². The number of para-hydroxylation sites is 1. The molecule has 0 amide bonds. The van der Waals surface area contributed by atoms with Crippen LogP contribution in [-0.4, -0.2) is 5.97 Å². The second kappa shape index (κ2) is 6.40. The van der Waals surface area contributed by atoms with Crippen LogP contribution < -0.4 is 4.74 Å². The standard InChI is InChI=1S/C14H14O2/c1-3-5-9-12(4-2)14(15)16-13-10-7-6-8-11-13/h3-11H,2H2,1H3/b5-3-,12-9+. The summed E-state index contributed by atoms with van der Waals surface area (Å²) in [7, 11) is 0. The predicted octanol–water partition coefficient (Wildman–Crippen LogP) is 3.28. The molecular weight excluding hydrogens is 200 g/mol. The SMILES string of the molecule is C=C/C(=C\C=C/C)C(=O)Oc1ccccc1. The summed E-state index contributed by atoms with van der Waals surface area (Å²) in [5.41, 5.74) is 0.432. The van der Waals surface area contributed by atoms with Crippen molar-refractivity contribution in [3.05, 3.63) is 66.8 Å². The molecule has 2 heteroatoms. The lowest BCUT2D eigenvalue weighted by atomic mass is 10.2. The van der Waals surface area contributed by atoms with Gasteiger partial charge < -0.3 is 4.74 Å². The normalized spacial score (nSPS) is 11.4. The fourth-order valence-electron chi connectivity index (χ4n) is 1.07. The maximum absolute atomic E-state index is 11.7. The van der Waals surface area contributed by atoms with Crippen LogP contribution in [0.15, 0.2) is 66.8 Å². The summed E-state index contributed by atoms with van der Waals surface area (Å²) in [6, 6.07) is 8.95. The number of hydrogen-bond donors (Lipinski definition) is 0. The molecule has 0 N–H and O–H groups in total. The van der Waals surface area contributed by atoms with E-state index in [9.17, 15) is 4.79 Å². The van der Waals surface area contributed by atoms with E-state index in [4.69, 9.17) is 4.74 Å². The van der Waals surface area contributed by atoms with Gasteiger partial charge in [0.2, 0.25) is 0 Å². The molecule has 0 heterocycles. The second-order valence-electron chi connectivity index (χ2n) is 3.05. The average molecular weight is 214 g/mol. The number of rotatable bonds is 4. The Morgan fingerprint density at radius 3 is 2.56 bits per heavy atom. The zero-order valence-electron chi connectivity index (χ0n) is 9.22. The topological polar surface area (TPSA) is 26.3 Å². The number of carbonyl (C=O) groups is 1. The van der Waals surface area contributed by atoms with Crippen molar-refractivity contribution in [2.45, 2.75) is 6.92 Å². The van der Waals surface area contributed by atoms with E-state index in [-0.39, 0.29) is 0 Å². The Morgan fingerprint density at radius 2 is 2.00 bits per heavy atom. The molecule has 2 nitrogen and oxygen atoms in total. The van der Waals surface area contributed by atoms with Crippen molar-refractivity contribution >= 4 is 5.97 Å². The molecule has 0 bridgehead atoms. The monoisotopic (exact) mass is 214 g/mol. The lowest BCUT2D eigenvalue weighted by Crippen LogP contribution is -2.09. The van der Waals surface area contributed by atoms with E-state index < -0.39 is 5.97 Å². The Bertz CT molecular complexity index is 414. The molecule has 0 saturated carbocycles. The first-order valence-corrected chi connectivity index (χ1v) is 5.00. The summed E-state index contributed by atoms with van der Waals surface area (Å²) in [4.78, 5) is 11.7. The molecule has 1 aromatic carbocycles. The zero-order chi connectivity index (χ0) is 11.8. The summed E-state index contributed by atoms with van der Waals surface area (Å²) in [5.74, 6) is 0.125. The number of esters is 1. The molecule has 0 aliphatic rings. The number of allylic oxidation sites excluding steroid dienone is 3. The molecule has 1 aromatic rings. The highest BCUT2D eigenvalue weighted by molar-refractivity contribution is 5.93. The van der Waals surface area contributed by atoms with Gasteiger partial charge >= 0.3 is 5.97 Å². The molecule has 82 valence electrons. The summed E-state index contributed by atoms with van der Waals surface area (Å²) < 4.78 is 5.15. The van der Waals surface area contributed by atoms with Crippen LogP contribution in [0.2, 0.25) is 0 Å². The second-order valence-corrected chi connectivity index (χ2v) is 3.05. The Labute approximate surface area is 95.6 Å². The Hall–Kier alpha value is -2.09. The number of ether oxygens (including phenoxy) is 1. The van der Waals surface area contributed by atoms with E-state index in [0.29, 0.717) is 11.3 Å². The van der Waals surface area contributed by atoms with Gasteiger partial charge in [0.1, 0.15) is 5.75 Å². The summed E-state index contributed by atoms with van der Waals surface area (Å²) >= 11 is 0. The molecule has 16 heavy (non-hydrogen) atoms. The van der Waals surface area contributed by atoms with Gasteiger partial charge in [-0.25, -0.2) is 4.79 Å². The molecular formula is C14H14O2. The molecule has 0 unspecified atom stereocenters. The van der Waals surface area contributed by atoms with Crippen LogP contribution in [0.1, 0.15) is 6.92 Å². The van der Waals surface area contributed by atoms with Crippen LogP contribution in [0.5, 0.6) is 5.75 Å². The fraction of sp³-hybridized carbons (Fsp3) is 0.0714. The first-order valence-electron chi connectivity index (χ1n) is 5.00. The van der Waals surface area contributed by atoms with E-state index >= 15 is 0 Å². The van der Waals surface area contributed by atoms with Crippen molar-refractivity contribution in [2.75, 3.05) is 0 Å². The van der Waals surface area contributed by atoms with Crippen LogP contribution in [0.25, 0.3) is 0 Å². The first-order chi connectivity index (χ1) is 7.77. The predicted molar refractivity (Wildman–Crippen MR) is 65.2 cm³/mol. The Balaban J connectivity index is 2.75. The maximum atomic E-state index is 11.7. The van der Waals surface area contributed by atoms with E-state index in [1.807, 2.05) is 31.2 Å². The van der Waals surface area contributed by atoms with Crippen molar-refractivity contribution < 1.29 is 9.53 Å². The van der Waals surface area contributed by atoms with Crippen molar-refractivity contribution in [3.8, 4) is 5.75 Å². The third kappa shape index (κ3) is 3.58. The van der Waals surface area contributed by atoms with Crippen LogP contribution in [0, 0.1) is 0 Å². The zero-order valence-corrected chi connectivity index (χ0v) is 9.22. The van der Waals surface area contributed by atoms with E-state index in [2.05, 4.69) is 6.58 Å². The summed E-state index contributed by atoms with van der Waals surface area (Å²) in [5, 5.41) is 0. The van der Waals surface area contributed by atoms with Crippen molar-refractivity contribution in [1.82, 2.24) is 0 Å². The lowest BCUT2D eigenvalue weighted by molar-refractivity contribution is -0.129. The van der Waals surface area contributed by atoms with Gasteiger partial charge in [0.05, 0.1) is 5.57 Å². The molecule has 0 spiro atoms. The highest BCUT2D eigenvalue weighted by Crippen LogP contribution is 2.11. The molecule has 0 radical (unpaired) electrons. The summed E-state index contributed by atoms with van der Waals surface area (Å²) in [6.07, 6.45) is 6.74. The van der Waals surface area contributed by atoms with E-state index in [0.717, 1.165) is 0 Å². The van der Waals surface area contributed by atoms with Crippen LogP contribution in [-0.2, 0) is 4.79 Å². The number of benzene rings is 1. The van der Waals surface area contributed by atoms with Crippen LogP contribution in [0.4, 0.5) is 0 Å². The first kappa shape index (κ1) is 12.0. The smallest absolute Gasteiger partial charge is 0.343 e. The maximum Gasteiger partial charge on any atom is 0.343 e. The highest BCUT2D eigenvalue weighted by Gasteiger charge is 2.07. The Kier molecular flexibility index (Phi) is 4.80. The number of carbonyl (C=O) groups excluding carboxylic acids is 1. The van der Waals surface area contributed by atoms with Crippen molar-refractivity contribution in [1.29, 1.82) is 0 Å². The molecule has 0 aliphatic heterocycles. The third-order valence-corrected chi connectivity index (χ3v) is 1.88. The van der Waals surface area contributed by atoms with E-state index in [1.165, 1.54) is 6.08 Å². The molecule has 1 rings (SSSR count). The lowest BCUT2D eigenvalue weighted by Gasteiger charge is -2.03. The molecule has 0 aromatic heterocycles. The summed E-state index contributed by atoms with van der Waals surface area (Å²) in [6.45, 7) is 5.45. The van der Waals surface area contributed by atoms with Gasteiger partial charge in [0.15, 0.2) is 0 Å². The minimum atomic E-state index is -0.403. The van der Waals surface area contributed by atoms with Crippen molar-refractivity contribution in [3.63, 3.8) is 0 Å². The minimum absolute atomic E-state index is 0.403. The van der Waals surface area contributed by atoms with Gasteiger partial charge in [0, 0.05) is 0 Å². The van der Waals surface area contributed by atoms with Gasteiger partial charge in [0.25, 0.3) is 0 Å². The van der Waals surface area contributed by atoms with Gasteiger partial charge in [-0.3, -0.25) is 0 Å². The fourth-order valence-corrected chi connectivity index (χ4v) is 1.07. The molecule has 0 saturated heterocycles. The number of hydrogen-bond acceptors (Lipinski definition) is 2.